The molecule has 1 atom stereocenters. The molecule has 5 nitrogen and oxygen atoms in total. The Kier molecular flexibility index (Phi) is 3.52. The van der Waals surface area contributed by atoms with Crippen molar-refractivity contribution in [1.29, 1.82) is 0 Å². The molecule has 1 unspecified atom stereocenters. The van der Waals surface area contributed by atoms with Crippen LogP contribution >= 0.6 is 0 Å². The summed E-state index contributed by atoms with van der Waals surface area (Å²) in [7, 11) is 3.61. The third-order valence-corrected chi connectivity index (χ3v) is 3.75. The first-order valence-electron chi connectivity index (χ1n) is 6.37. The molecule has 0 radical (unpaired) electrons. The molecule has 0 aliphatic rings. The summed E-state index contributed by atoms with van der Waals surface area (Å²) in [6, 6.07) is 5.94. The van der Waals surface area contributed by atoms with E-state index in [4.69, 9.17) is 10.2 Å². The van der Waals surface area contributed by atoms with Crippen LogP contribution in [-0.4, -0.2) is 18.2 Å². The first-order valence-corrected chi connectivity index (χ1v) is 6.37. The van der Waals surface area contributed by atoms with Gasteiger partial charge in [0.2, 0.25) is 0 Å². The summed E-state index contributed by atoms with van der Waals surface area (Å²) >= 11 is 0. The second-order valence-electron chi connectivity index (χ2n) is 5.57. The minimum atomic E-state index is -0.341. The summed E-state index contributed by atoms with van der Waals surface area (Å²) in [5.41, 5.74) is 8.24. The Morgan fingerprint density at radius 1 is 1.47 bits per heavy atom. The first kappa shape index (κ1) is 13.8. The minimum absolute atomic E-state index is 0.0858. The van der Waals surface area contributed by atoms with E-state index in [9.17, 15) is 4.79 Å². The highest BCUT2D eigenvalue weighted by Crippen LogP contribution is 2.33. The van der Waals surface area contributed by atoms with Crippen LogP contribution in [0.25, 0.3) is 11.1 Å². The smallest absolute Gasteiger partial charge is 0.408 e. The van der Waals surface area contributed by atoms with E-state index in [2.05, 4.69) is 19.2 Å². The third kappa shape index (κ3) is 2.31. The van der Waals surface area contributed by atoms with Crippen LogP contribution in [0.4, 0.5) is 0 Å². The molecule has 0 saturated carbocycles. The van der Waals surface area contributed by atoms with Gasteiger partial charge in [-0.05, 0) is 36.7 Å². The van der Waals surface area contributed by atoms with Crippen LogP contribution in [0.5, 0.6) is 0 Å². The molecule has 1 aromatic carbocycles. The van der Waals surface area contributed by atoms with Gasteiger partial charge in [-0.15, -0.1) is 0 Å². The van der Waals surface area contributed by atoms with Crippen molar-refractivity contribution in [3.63, 3.8) is 0 Å². The number of hydrogen-bond acceptors (Lipinski definition) is 4. The molecule has 0 aliphatic carbocycles. The molecule has 2 aromatic rings. The fraction of sp³-hybridized carbons (Fsp3) is 0.500. The van der Waals surface area contributed by atoms with Crippen molar-refractivity contribution in [2.75, 3.05) is 13.6 Å². The number of aromatic nitrogens is 1. The number of nitrogens with one attached hydrogen (secondary N) is 1. The zero-order valence-corrected chi connectivity index (χ0v) is 11.9. The first-order chi connectivity index (χ1) is 8.90. The lowest BCUT2D eigenvalue weighted by molar-refractivity contribution is 0.265. The number of rotatable bonds is 4. The molecule has 2 rings (SSSR count). The van der Waals surface area contributed by atoms with Crippen molar-refractivity contribution >= 4 is 11.1 Å². The Morgan fingerprint density at radius 2 is 2.16 bits per heavy atom. The lowest BCUT2D eigenvalue weighted by atomic mass is 9.80. The molecule has 0 fully saturated rings. The minimum Gasteiger partial charge on any atom is -0.408 e. The van der Waals surface area contributed by atoms with Crippen LogP contribution in [0.2, 0.25) is 0 Å². The Balaban J connectivity index is 2.53. The predicted molar refractivity (Wildman–Crippen MR) is 76.1 cm³/mol. The Bertz CT molecular complexity index is 640. The molecule has 0 bridgehead atoms. The van der Waals surface area contributed by atoms with E-state index in [0.29, 0.717) is 12.1 Å². The second-order valence-corrected chi connectivity index (χ2v) is 5.57. The van der Waals surface area contributed by atoms with Crippen molar-refractivity contribution in [3.05, 3.63) is 34.3 Å². The van der Waals surface area contributed by atoms with Crippen molar-refractivity contribution in [2.24, 2.45) is 18.2 Å². The van der Waals surface area contributed by atoms with E-state index in [0.717, 1.165) is 11.1 Å². The lowest BCUT2D eigenvalue weighted by Crippen LogP contribution is -2.37. The number of oxazole rings is 1. The third-order valence-electron chi connectivity index (χ3n) is 3.75. The van der Waals surface area contributed by atoms with Crippen molar-refractivity contribution < 1.29 is 4.42 Å². The van der Waals surface area contributed by atoms with Crippen LogP contribution in [0.3, 0.4) is 0 Å². The quantitative estimate of drug-likeness (QED) is 0.874. The van der Waals surface area contributed by atoms with Gasteiger partial charge in [0, 0.05) is 13.1 Å². The van der Waals surface area contributed by atoms with Gasteiger partial charge in [0.1, 0.15) is 0 Å². The molecule has 3 N–H and O–H groups in total. The monoisotopic (exact) mass is 263 g/mol. The van der Waals surface area contributed by atoms with Crippen LogP contribution in [0.15, 0.2) is 27.4 Å². The summed E-state index contributed by atoms with van der Waals surface area (Å²) < 4.78 is 6.73. The average molecular weight is 263 g/mol. The second kappa shape index (κ2) is 4.83. The Labute approximate surface area is 112 Å². The molecule has 0 spiro atoms. The van der Waals surface area contributed by atoms with Crippen LogP contribution in [-0.2, 0) is 7.05 Å². The van der Waals surface area contributed by atoms with Gasteiger partial charge in [-0.3, -0.25) is 4.57 Å². The summed E-state index contributed by atoms with van der Waals surface area (Å²) in [4.78, 5) is 11.5. The average Bonchev–Trinajstić information content (AvgIpc) is 2.65. The number of hydrogen-bond donors (Lipinski definition) is 2. The summed E-state index contributed by atoms with van der Waals surface area (Å²) in [5.74, 6) is -0.341. The van der Waals surface area contributed by atoms with E-state index in [-0.39, 0.29) is 17.2 Å². The van der Waals surface area contributed by atoms with E-state index in [1.54, 1.807) is 7.05 Å². The highest BCUT2D eigenvalue weighted by molar-refractivity contribution is 5.73. The topological polar surface area (TPSA) is 73.2 Å². The maximum Gasteiger partial charge on any atom is 0.419 e. The van der Waals surface area contributed by atoms with E-state index < -0.39 is 0 Å². The summed E-state index contributed by atoms with van der Waals surface area (Å²) in [5, 5.41) is 3.29. The van der Waals surface area contributed by atoms with Crippen molar-refractivity contribution in [2.45, 2.75) is 19.9 Å². The molecule has 104 valence electrons. The van der Waals surface area contributed by atoms with Crippen LogP contribution in [0.1, 0.15) is 25.5 Å². The molecule has 1 aromatic heterocycles. The molecule has 19 heavy (non-hydrogen) atoms. The molecule has 0 saturated heterocycles. The van der Waals surface area contributed by atoms with Gasteiger partial charge < -0.3 is 15.5 Å². The summed E-state index contributed by atoms with van der Waals surface area (Å²) in [6.45, 7) is 4.79. The highest BCUT2D eigenvalue weighted by atomic mass is 16.4. The Hall–Kier alpha value is -1.59. The molecular weight excluding hydrogens is 242 g/mol. The Morgan fingerprint density at radius 3 is 2.74 bits per heavy atom. The van der Waals surface area contributed by atoms with E-state index >= 15 is 0 Å². The van der Waals surface area contributed by atoms with Gasteiger partial charge >= 0.3 is 5.76 Å². The van der Waals surface area contributed by atoms with Gasteiger partial charge in [0.15, 0.2) is 5.58 Å². The zero-order valence-electron chi connectivity index (χ0n) is 11.9. The predicted octanol–water partition coefficient (Wildman–Crippen LogP) is 1.38. The van der Waals surface area contributed by atoms with Crippen LogP contribution < -0.4 is 16.8 Å². The van der Waals surface area contributed by atoms with E-state index in [1.165, 1.54) is 4.57 Å². The number of fused-ring (bicyclic) bond motifs is 1. The lowest BCUT2D eigenvalue weighted by Gasteiger charge is -2.33. The number of benzene rings is 1. The van der Waals surface area contributed by atoms with Crippen LogP contribution in [0, 0.1) is 5.41 Å². The fourth-order valence-electron chi connectivity index (χ4n) is 2.46. The largest absolute Gasteiger partial charge is 0.419 e. The normalized spacial score (nSPS) is 13.9. The SMILES string of the molecule is CNC(c1ccc2c(c1)oc(=O)n2C)C(C)(C)CN. The molecule has 0 amide bonds. The van der Waals surface area contributed by atoms with Crippen molar-refractivity contribution in [1.82, 2.24) is 9.88 Å². The molecular formula is C14H21N3O2. The number of aryl methyl sites for hydroxylation is 1. The summed E-state index contributed by atoms with van der Waals surface area (Å²) in [6.07, 6.45) is 0. The van der Waals surface area contributed by atoms with Gasteiger partial charge in [-0.2, -0.15) is 0 Å². The van der Waals surface area contributed by atoms with Gasteiger partial charge in [-0.25, -0.2) is 4.79 Å². The maximum absolute atomic E-state index is 11.5. The molecule has 1 heterocycles. The van der Waals surface area contributed by atoms with Crippen molar-refractivity contribution in [3.8, 4) is 0 Å². The molecule has 0 aliphatic heterocycles. The fourth-order valence-corrected chi connectivity index (χ4v) is 2.46. The van der Waals surface area contributed by atoms with Gasteiger partial charge in [0.05, 0.1) is 5.52 Å². The standard InChI is InChI=1S/C14H21N3O2/c1-14(2,8-15)12(16-3)9-5-6-10-11(7-9)19-13(18)17(10)4/h5-7,12,16H,8,15H2,1-4H3. The highest BCUT2D eigenvalue weighted by Gasteiger charge is 2.28. The van der Waals surface area contributed by atoms with Gasteiger partial charge in [0.25, 0.3) is 0 Å². The molecule has 5 heteroatoms. The number of nitrogens with zero attached hydrogens (tertiary/aromatic N) is 1. The van der Waals surface area contributed by atoms with E-state index in [1.807, 2.05) is 25.2 Å². The maximum atomic E-state index is 11.5. The van der Waals surface area contributed by atoms with Gasteiger partial charge in [-0.1, -0.05) is 19.9 Å². The number of nitrogens with two attached hydrogens (primary N) is 1. The zero-order chi connectivity index (χ0) is 14.2.